The number of carbonyl (C=O) groups excluding carboxylic acids is 1. The van der Waals surface area contributed by atoms with Crippen LogP contribution in [0, 0.1) is 11.3 Å². The molecule has 3 heteroatoms. The highest BCUT2D eigenvalue weighted by Crippen LogP contribution is 2.46. The highest BCUT2D eigenvalue weighted by molar-refractivity contribution is 6.34. The number of nitrogens with one attached hydrogen (secondary N) is 1. The fourth-order valence-corrected chi connectivity index (χ4v) is 2.50. The Bertz CT molecular complexity index is 462. The molecule has 0 aromatic heterocycles. The molecule has 2 atom stereocenters. The summed E-state index contributed by atoms with van der Waals surface area (Å²) in [6.45, 7) is 8.61. The molecule has 92 valence electrons. The largest absolute Gasteiger partial charge is 0.324 e. The SMILES string of the molecule is CC(C1C(=O)Nc2c(Cl)cccc21)C(C)(C)C. The van der Waals surface area contributed by atoms with E-state index in [1.165, 1.54) is 0 Å². The molecule has 1 aliphatic heterocycles. The van der Waals surface area contributed by atoms with Crippen molar-refractivity contribution in [1.29, 1.82) is 0 Å². The molecule has 0 saturated heterocycles. The second-order valence-electron chi connectivity index (χ2n) is 5.83. The fourth-order valence-electron chi connectivity index (χ4n) is 2.27. The molecule has 1 aliphatic rings. The first-order chi connectivity index (χ1) is 7.82. The molecule has 0 spiro atoms. The molecule has 2 rings (SSSR count). The minimum Gasteiger partial charge on any atom is -0.324 e. The molecule has 2 unspecified atom stereocenters. The molecule has 1 amide bonds. The van der Waals surface area contributed by atoms with Gasteiger partial charge in [0, 0.05) is 0 Å². The number of hydrogen-bond acceptors (Lipinski definition) is 1. The van der Waals surface area contributed by atoms with Crippen LogP contribution in [0.1, 0.15) is 39.2 Å². The molecule has 0 fully saturated rings. The van der Waals surface area contributed by atoms with Crippen molar-refractivity contribution in [3.05, 3.63) is 28.8 Å². The standard InChI is InChI=1S/C14H18ClNO/c1-8(14(2,3)4)11-9-6-5-7-10(15)12(9)16-13(11)17/h5-8,11H,1-4H3,(H,16,17). The number of para-hydroxylation sites is 1. The lowest BCUT2D eigenvalue weighted by Crippen LogP contribution is -2.28. The first kappa shape index (κ1) is 12.4. The first-order valence-electron chi connectivity index (χ1n) is 5.91. The van der Waals surface area contributed by atoms with Crippen molar-refractivity contribution >= 4 is 23.2 Å². The molecular formula is C14H18ClNO. The quantitative estimate of drug-likeness (QED) is 0.801. The van der Waals surface area contributed by atoms with Gasteiger partial charge in [0.2, 0.25) is 5.91 Å². The second-order valence-corrected chi connectivity index (χ2v) is 6.23. The summed E-state index contributed by atoms with van der Waals surface area (Å²) in [4.78, 5) is 12.1. The molecule has 1 aromatic rings. The smallest absolute Gasteiger partial charge is 0.232 e. The van der Waals surface area contributed by atoms with Crippen molar-refractivity contribution in [3.63, 3.8) is 0 Å². The van der Waals surface area contributed by atoms with Gasteiger partial charge in [0.25, 0.3) is 0 Å². The zero-order valence-electron chi connectivity index (χ0n) is 10.7. The predicted molar refractivity (Wildman–Crippen MR) is 71.4 cm³/mol. The lowest BCUT2D eigenvalue weighted by molar-refractivity contribution is -0.118. The van der Waals surface area contributed by atoms with Gasteiger partial charge < -0.3 is 5.32 Å². The molecule has 2 nitrogen and oxygen atoms in total. The van der Waals surface area contributed by atoms with E-state index in [0.29, 0.717) is 5.02 Å². The van der Waals surface area contributed by atoms with Gasteiger partial charge in [0.05, 0.1) is 16.6 Å². The van der Waals surface area contributed by atoms with E-state index in [-0.39, 0.29) is 23.2 Å². The van der Waals surface area contributed by atoms with E-state index in [1.807, 2.05) is 18.2 Å². The van der Waals surface area contributed by atoms with Crippen molar-refractivity contribution in [2.45, 2.75) is 33.6 Å². The molecule has 17 heavy (non-hydrogen) atoms. The Morgan fingerprint density at radius 1 is 1.35 bits per heavy atom. The van der Waals surface area contributed by atoms with Gasteiger partial charge in [-0.05, 0) is 23.0 Å². The average Bonchev–Trinajstić information content (AvgIpc) is 2.54. The second kappa shape index (κ2) is 4.02. The van der Waals surface area contributed by atoms with Gasteiger partial charge in [0.1, 0.15) is 0 Å². The zero-order valence-corrected chi connectivity index (χ0v) is 11.4. The number of carbonyl (C=O) groups is 1. The topological polar surface area (TPSA) is 29.1 Å². The summed E-state index contributed by atoms with van der Waals surface area (Å²) in [6.07, 6.45) is 0. The summed E-state index contributed by atoms with van der Waals surface area (Å²) in [5.74, 6) is 0.237. The summed E-state index contributed by atoms with van der Waals surface area (Å²) >= 11 is 6.10. The van der Waals surface area contributed by atoms with Crippen LogP contribution in [0.25, 0.3) is 0 Å². The van der Waals surface area contributed by atoms with Gasteiger partial charge >= 0.3 is 0 Å². The van der Waals surface area contributed by atoms with Gasteiger partial charge in [-0.15, -0.1) is 0 Å². The monoisotopic (exact) mass is 251 g/mol. The summed E-state index contributed by atoms with van der Waals surface area (Å²) in [5, 5.41) is 3.52. The maximum atomic E-state index is 12.1. The molecule has 0 aliphatic carbocycles. The summed E-state index contributed by atoms with van der Waals surface area (Å²) in [6, 6.07) is 5.71. The average molecular weight is 252 g/mol. The Labute approximate surface area is 107 Å². The number of hydrogen-bond donors (Lipinski definition) is 1. The van der Waals surface area contributed by atoms with Gasteiger partial charge in [-0.2, -0.15) is 0 Å². The maximum Gasteiger partial charge on any atom is 0.232 e. The van der Waals surface area contributed by atoms with Crippen LogP contribution in [0.5, 0.6) is 0 Å². The van der Waals surface area contributed by atoms with Crippen LogP contribution in [0.4, 0.5) is 5.69 Å². The number of benzene rings is 1. The van der Waals surface area contributed by atoms with Gasteiger partial charge in [0.15, 0.2) is 0 Å². The summed E-state index contributed by atoms with van der Waals surface area (Å²) < 4.78 is 0. The Hall–Kier alpha value is -1.02. The highest BCUT2D eigenvalue weighted by Gasteiger charge is 2.40. The Morgan fingerprint density at radius 2 is 2.00 bits per heavy atom. The van der Waals surface area contributed by atoms with E-state index in [1.54, 1.807) is 0 Å². The third kappa shape index (κ3) is 2.06. The molecule has 0 bridgehead atoms. The third-order valence-electron chi connectivity index (χ3n) is 3.78. The lowest BCUT2D eigenvalue weighted by Gasteiger charge is -2.31. The number of fused-ring (bicyclic) bond motifs is 1. The fraction of sp³-hybridized carbons (Fsp3) is 0.500. The summed E-state index contributed by atoms with van der Waals surface area (Å²) in [7, 11) is 0. The minimum absolute atomic E-state index is 0.0653. The number of amides is 1. The molecule has 0 radical (unpaired) electrons. The van der Waals surface area contributed by atoms with E-state index < -0.39 is 0 Å². The molecule has 1 N–H and O–H groups in total. The van der Waals surface area contributed by atoms with E-state index in [2.05, 4.69) is 33.0 Å². The Morgan fingerprint density at radius 3 is 2.59 bits per heavy atom. The minimum atomic E-state index is -0.0938. The van der Waals surface area contributed by atoms with Crippen LogP contribution in [-0.2, 0) is 4.79 Å². The van der Waals surface area contributed by atoms with Gasteiger partial charge in [-0.1, -0.05) is 51.4 Å². The van der Waals surface area contributed by atoms with Gasteiger partial charge in [-0.25, -0.2) is 0 Å². The van der Waals surface area contributed by atoms with E-state index in [4.69, 9.17) is 11.6 Å². The predicted octanol–water partition coefficient (Wildman–Crippen LogP) is 4.06. The van der Waals surface area contributed by atoms with Crippen molar-refractivity contribution in [3.8, 4) is 0 Å². The molecular weight excluding hydrogens is 234 g/mol. The van der Waals surface area contributed by atoms with Crippen molar-refractivity contribution in [1.82, 2.24) is 0 Å². The van der Waals surface area contributed by atoms with Crippen LogP contribution in [-0.4, -0.2) is 5.91 Å². The van der Waals surface area contributed by atoms with Crippen molar-refractivity contribution < 1.29 is 4.79 Å². The van der Waals surface area contributed by atoms with E-state index in [9.17, 15) is 4.79 Å². The third-order valence-corrected chi connectivity index (χ3v) is 4.09. The summed E-state index contributed by atoms with van der Waals surface area (Å²) in [5.41, 5.74) is 1.91. The Kier molecular flexibility index (Phi) is 2.94. The van der Waals surface area contributed by atoms with E-state index in [0.717, 1.165) is 11.3 Å². The van der Waals surface area contributed by atoms with Crippen LogP contribution in [0.2, 0.25) is 5.02 Å². The lowest BCUT2D eigenvalue weighted by atomic mass is 9.72. The number of rotatable bonds is 1. The first-order valence-corrected chi connectivity index (χ1v) is 6.29. The van der Waals surface area contributed by atoms with Crippen LogP contribution < -0.4 is 5.32 Å². The molecule has 0 saturated carbocycles. The maximum absolute atomic E-state index is 12.1. The number of anilines is 1. The number of halogens is 1. The van der Waals surface area contributed by atoms with Gasteiger partial charge in [-0.3, -0.25) is 4.79 Å². The van der Waals surface area contributed by atoms with Crippen LogP contribution >= 0.6 is 11.6 Å². The zero-order chi connectivity index (χ0) is 12.8. The Balaban J connectivity index is 2.46. The molecule has 1 aromatic carbocycles. The normalized spacial score (nSPS) is 21.0. The van der Waals surface area contributed by atoms with Crippen molar-refractivity contribution in [2.75, 3.05) is 5.32 Å². The van der Waals surface area contributed by atoms with E-state index >= 15 is 0 Å². The van der Waals surface area contributed by atoms with Crippen LogP contribution in [0.15, 0.2) is 18.2 Å². The van der Waals surface area contributed by atoms with Crippen LogP contribution in [0.3, 0.4) is 0 Å². The highest BCUT2D eigenvalue weighted by atomic mass is 35.5. The molecule has 1 heterocycles. The van der Waals surface area contributed by atoms with Crippen molar-refractivity contribution in [2.24, 2.45) is 11.3 Å².